The lowest BCUT2D eigenvalue weighted by atomic mass is 9.90. The summed E-state index contributed by atoms with van der Waals surface area (Å²) in [5, 5.41) is 10.3. The van der Waals surface area contributed by atoms with Crippen LogP contribution in [0.5, 0.6) is 0 Å². The second kappa shape index (κ2) is 6.33. The summed E-state index contributed by atoms with van der Waals surface area (Å²) >= 11 is 12.3. The number of nitrogens with zero attached hydrogens (tertiary/aromatic N) is 1. The molecule has 1 amide bonds. The van der Waals surface area contributed by atoms with Gasteiger partial charge in [0.2, 0.25) is 5.91 Å². The molecule has 1 saturated carbocycles. The van der Waals surface area contributed by atoms with Gasteiger partial charge < -0.3 is 10.0 Å². The number of likely N-dealkylation sites (tertiary alicyclic amines) is 1. The molecule has 6 heteroatoms. The minimum Gasteiger partial charge on any atom is -0.481 e. The highest BCUT2D eigenvalue weighted by atomic mass is 35.5. The van der Waals surface area contributed by atoms with E-state index in [0.717, 1.165) is 18.4 Å². The van der Waals surface area contributed by atoms with Crippen LogP contribution in [0, 0.1) is 11.8 Å². The van der Waals surface area contributed by atoms with E-state index < -0.39 is 11.9 Å². The van der Waals surface area contributed by atoms with Crippen molar-refractivity contribution in [2.75, 3.05) is 6.54 Å². The number of carboxylic acids is 1. The Kier molecular flexibility index (Phi) is 4.56. The average Bonchev–Trinajstić information content (AvgIpc) is 3.29. The van der Waals surface area contributed by atoms with E-state index >= 15 is 0 Å². The third-order valence-electron chi connectivity index (χ3n) is 5.08. The summed E-state index contributed by atoms with van der Waals surface area (Å²) in [6.07, 6.45) is 2.12. The van der Waals surface area contributed by atoms with E-state index in [1.54, 1.807) is 11.0 Å². The van der Waals surface area contributed by atoms with Crippen molar-refractivity contribution in [3.63, 3.8) is 0 Å². The molecule has 0 aromatic heterocycles. The lowest BCUT2D eigenvalue weighted by Gasteiger charge is -2.37. The highest BCUT2D eigenvalue weighted by Gasteiger charge is 2.49. The quantitative estimate of drug-likeness (QED) is 0.896. The molecule has 124 valence electrons. The molecular weight excluding hydrogens is 337 g/mol. The molecule has 1 aliphatic heterocycles. The Balaban J connectivity index is 1.73. The molecule has 0 spiro atoms. The van der Waals surface area contributed by atoms with Gasteiger partial charge in [-0.1, -0.05) is 35.3 Å². The number of hydrogen-bond donors (Lipinski definition) is 1. The second-order valence-corrected chi connectivity index (χ2v) is 7.24. The number of carbonyl (C=O) groups is 2. The number of piperidine rings is 1. The number of amides is 1. The van der Waals surface area contributed by atoms with Crippen molar-refractivity contribution in [2.45, 2.75) is 38.1 Å². The summed E-state index contributed by atoms with van der Waals surface area (Å²) in [6.45, 7) is 2.47. The zero-order valence-corrected chi connectivity index (χ0v) is 14.3. The molecule has 4 nitrogen and oxygen atoms in total. The van der Waals surface area contributed by atoms with Crippen molar-refractivity contribution in [2.24, 2.45) is 11.8 Å². The van der Waals surface area contributed by atoms with Crippen LogP contribution in [-0.4, -0.2) is 34.5 Å². The normalized spacial score (nSPS) is 30.1. The first-order valence-electron chi connectivity index (χ1n) is 7.89. The minimum atomic E-state index is -0.819. The monoisotopic (exact) mass is 355 g/mol. The molecular formula is C17H19Cl2NO3. The number of halogens is 2. The maximum atomic E-state index is 12.8. The lowest BCUT2D eigenvalue weighted by Crippen LogP contribution is -2.49. The fourth-order valence-electron chi connectivity index (χ4n) is 3.62. The standard InChI is InChI=1S/C17H19Cl2NO3/c1-9-10(17(22)23)5-3-7-20(9)16(21)13-8-12(13)11-4-2-6-14(18)15(11)19/h2,4,6,9-10,12-13H,3,5,7-8H2,1H3,(H,22,23)/t9-,10-,12?,13?/m1/s1. The molecule has 1 saturated heterocycles. The van der Waals surface area contributed by atoms with Gasteiger partial charge in [0, 0.05) is 18.5 Å². The summed E-state index contributed by atoms with van der Waals surface area (Å²) in [4.78, 5) is 25.8. The van der Waals surface area contributed by atoms with Gasteiger partial charge >= 0.3 is 5.97 Å². The second-order valence-electron chi connectivity index (χ2n) is 6.45. The maximum absolute atomic E-state index is 12.8. The smallest absolute Gasteiger partial charge is 0.308 e. The highest BCUT2D eigenvalue weighted by molar-refractivity contribution is 6.42. The first-order valence-corrected chi connectivity index (χ1v) is 8.64. The zero-order valence-electron chi connectivity index (χ0n) is 12.8. The van der Waals surface area contributed by atoms with Crippen molar-refractivity contribution in [3.8, 4) is 0 Å². The molecule has 2 unspecified atom stereocenters. The molecule has 1 N–H and O–H groups in total. The van der Waals surface area contributed by atoms with E-state index in [9.17, 15) is 14.7 Å². The van der Waals surface area contributed by atoms with Crippen LogP contribution in [0.3, 0.4) is 0 Å². The van der Waals surface area contributed by atoms with Gasteiger partial charge in [0.25, 0.3) is 0 Å². The number of hydrogen-bond acceptors (Lipinski definition) is 2. The molecule has 23 heavy (non-hydrogen) atoms. The fraction of sp³-hybridized carbons (Fsp3) is 0.529. The number of benzene rings is 1. The first-order chi connectivity index (χ1) is 10.9. The average molecular weight is 356 g/mol. The summed E-state index contributed by atoms with van der Waals surface area (Å²) < 4.78 is 0. The summed E-state index contributed by atoms with van der Waals surface area (Å²) in [6, 6.07) is 5.22. The Labute approximate surface area is 145 Å². The molecule has 4 atom stereocenters. The highest BCUT2D eigenvalue weighted by Crippen LogP contribution is 2.52. The molecule has 0 bridgehead atoms. The van der Waals surface area contributed by atoms with E-state index in [1.165, 1.54) is 0 Å². The first kappa shape index (κ1) is 16.6. The van der Waals surface area contributed by atoms with Crippen molar-refractivity contribution in [1.29, 1.82) is 0 Å². The Morgan fingerprint density at radius 2 is 2.00 bits per heavy atom. The van der Waals surface area contributed by atoms with Crippen molar-refractivity contribution in [3.05, 3.63) is 33.8 Å². The van der Waals surface area contributed by atoms with Gasteiger partial charge in [-0.15, -0.1) is 0 Å². The number of aliphatic carboxylic acids is 1. The Hall–Kier alpha value is -1.26. The molecule has 2 fully saturated rings. The van der Waals surface area contributed by atoms with Crippen LogP contribution >= 0.6 is 23.2 Å². The van der Waals surface area contributed by atoms with E-state index in [4.69, 9.17) is 23.2 Å². The van der Waals surface area contributed by atoms with Gasteiger partial charge in [0.1, 0.15) is 0 Å². The number of rotatable bonds is 3. The third-order valence-corrected chi connectivity index (χ3v) is 5.91. The molecule has 1 aromatic carbocycles. The molecule has 3 rings (SSSR count). The van der Waals surface area contributed by atoms with Crippen LogP contribution in [-0.2, 0) is 9.59 Å². The van der Waals surface area contributed by atoms with Crippen LogP contribution in [0.2, 0.25) is 10.0 Å². The zero-order chi connectivity index (χ0) is 16.7. The van der Waals surface area contributed by atoms with E-state index in [0.29, 0.717) is 23.0 Å². The molecule has 2 aliphatic rings. The number of carboxylic acid groups (broad SMARTS) is 1. The van der Waals surface area contributed by atoms with Crippen LogP contribution in [0.25, 0.3) is 0 Å². The Bertz CT molecular complexity index is 649. The van der Waals surface area contributed by atoms with Crippen LogP contribution in [0.1, 0.15) is 37.7 Å². The molecule has 0 radical (unpaired) electrons. The SMILES string of the molecule is C[C@@H]1[C@H](C(=O)O)CCCN1C(=O)C1CC1c1cccc(Cl)c1Cl. The van der Waals surface area contributed by atoms with Crippen molar-refractivity contribution in [1.82, 2.24) is 4.90 Å². The Morgan fingerprint density at radius 1 is 1.26 bits per heavy atom. The maximum Gasteiger partial charge on any atom is 0.308 e. The number of carbonyl (C=O) groups excluding carboxylic acids is 1. The van der Waals surface area contributed by atoms with Gasteiger partial charge in [0.05, 0.1) is 16.0 Å². The summed E-state index contributed by atoms with van der Waals surface area (Å²) in [5.41, 5.74) is 0.914. The summed E-state index contributed by atoms with van der Waals surface area (Å²) in [5.74, 6) is -1.27. The topological polar surface area (TPSA) is 57.6 Å². The minimum absolute atomic E-state index is 0.0458. The van der Waals surface area contributed by atoms with Gasteiger partial charge in [0.15, 0.2) is 0 Å². The van der Waals surface area contributed by atoms with E-state index in [2.05, 4.69) is 0 Å². The van der Waals surface area contributed by atoms with Crippen molar-refractivity contribution >= 4 is 35.1 Å². The largest absolute Gasteiger partial charge is 0.481 e. The molecule has 1 aromatic rings. The van der Waals surface area contributed by atoms with E-state index in [1.807, 2.05) is 19.1 Å². The van der Waals surface area contributed by atoms with Crippen LogP contribution in [0.15, 0.2) is 18.2 Å². The van der Waals surface area contributed by atoms with Gasteiger partial charge in [-0.25, -0.2) is 0 Å². The Morgan fingerprint density at radius 3 is 2.70 bits per heavy atom. The predicted molar refractivity (Wildman–Crippen MR) is 88.8 cm³/mol. The van der Waals surface area contributed by atoms with Gasteiger partial charge in [-0.3, -0.25) is 9.59 Å². The third kappa shape index (κ3) is 3.07. The van der Waals surface area contributed by atoms with Crippen LogP contribution in [0.4, 0.5) is 0 Å². The van der Waals surface area contributed by atoms with Crippen LogP contribution < -0.4 is 0 Å². The fourth-order valence-corrected chi connectivity index (χ4v) is 4.06. The molecule has 1 aliphatic carbocycles. The van der Waals surface area contributed by atoms with Gasteiger partial charge in [-0.2, -0.15) is 0 Å². The summed E-state index contributed by atoms with van der Waals surface area (Å²) in [7, 11) is 0. The van der Waals surface area contributed by atoms with Gasteiger partial charge in [-0.05, 0) is 43.7 Å². The van der Waals surface area contributed by atoms with Crippen molar-refractivity contribution < 1.29 is 14.7 Å². The van der Waals surface area contributed by atoms with E-state index in [-0.39, 0.29) is 23.8 Å². The lowest BCUT2D eigenvalue weighted by molar-refractivity contribution is -0.149. The molecule has 1 heterocycles. The predicted octanol–water partition coefficient (Wildman–Crippen LogP) is 3.81.